The van der Waals surface area contributed by atoms with Gasteiger partial charge in [0.1, 0.15) is 38.5 Å². The Balaban J connectivity index is 1.32. The Labute approximate surface area is 161 Å². The van der Waals surface area contributed by atoms with Crippen molar-refractivity contribution in [1.82, 2.24) is 5.32 Å². The lowest BCUT2D eigenvalue weighted by Gasteiger charge is -2.29. The van der Waals surface area contributed by atoms with Gasteiger partial charge >= 0.3 is 0 Å². The van der Waals surface area contributed by atoms with E-state index in [1.54, 1.807) is 12.0 Å². The van der Waals surface area contributed by atoms with E-state index < -0.39 is 0 Å². The van der Waals surface area contributed by atoms with Crippen molar-refractivity contribution in [2.75, 3.05) is 46.4 Å². The van der Waals surface area contributed by atoms with Gasteiger partial charge in [0.15, 0.2) is 6.54 Å². The summed E-state index contributed by atoms with van der Waals surface area (Å²) in [6.45, 7) is 6.74. The van der Waals surface area contributed by atoms with E-state index in [-0.39, 0.29) is 5.91 Å². The second kappa shape index (κ2) is 10.1. The van der Waals surface area contributed by atoms with Crippen LogP contribution in [0, 0.1) is 0 Å². The summed E-state index contributed by atoms with van der Waals surface area (Å²) in [5.74, 6) is 1.02. The first-order valence-corrected chi connectivity index (χ1v) is 9.83. The third-order valence-corrected chi connectivity index (χ3v) is 5.27. The maximum atomic E-state index is 12.2. The highest BCUT2D eigenvalue weighted by Crippen LogP contribution is 2.11. The number of ether oxygens (including phenoxy) is 1. The van der Waals surface area contributed by atoms with E-state index in [4.69, 9.17) is 4.74 Å². The van der Waals surface area contributed by atoms with Crippen molar-refractivity contribution in [2.45, 2.75) is 13.0 Å². The fourth-order valence-corrected chi connectivity index (χ4v) is 3.62. The highest BCUT2D eigenvalue weighted by molar-refractivity contribution is 5.76. The summed E-state index contributed by atoms with van der Waals surface area (Å²) in [6.07, 6.45) is 0.847. The summed E-state index contributed by atoms with van der Waals surface area (Å²) in [4.78, 5) is 15.2. The molecule has 1 saturated heterocycles. The quantitative estimate of drug-likeness (QED) is 0.579. The van der Waals surface area contributed by atoms with Crippen LogP contribution in [0.3, 0.4) is 0 Å². The number of methoxy groups -OCH3 is 1. The van der Waals surface area contributed by atoms with Gasteiger partial charge in [-0.3, -0.25) is 4.79 Å². The number of carbonyl (C=O) groups is 1. The van der Waals surface area contributed by atoms with Crippen LogP contribution in [-0.4, -0.2) is 52.3 Å². The van der Waals surface area contributed by atoms with Crippen molar-refractivity contribution in [3.63, 3.8) is 0 Å². The Bertz CT molecular complexity index is 695. The number of amides is 1. The lowest BCUT2D eigenvalue weighted by molar-refractivity contribution is -1.02. The number of piperazine rings is 1. The minimum Gasteiger partial charge on any atom is -0.497 e. The molecule has 0 atom stereocenters. The van der Waals surface area contributed by atoms with Crippen molar-refractivity contribution in [1.29, 1.82) is 0 Å². The summed E-state index contributed by atoms with van der Waals surface area (Å²) >= 11 is 0. The number of quaternary nitrogens is 2. The number of hydrogen-bond acceptors (Lipinski definition) is 2. The van der Waals surface area contributed by atoms with Gasteiger partial charge in [-0.2, -0.15) is 0 Å². The van der Waals surface area contributed by atoms with Crippen LogP contribution in [0.2, 0.25) is 0 Å². The molecular weight excluding hydrogens is 338 g/mol. The van der Waals surface area contributed by atoms with Gasteiger partial charge in [0.25, 0.3) is 5.91 Å². The van der Waals surface area contributed by atoms with Crippen molar-refractivity contribution in [3.05, 3.63) is 65.7 Å². The fraction of sp³-hybridized carbons (Fsp3) is 0.409. The van der Waals surface area contributed by atoms with Gasteiger partial charge in [-0.05, 0) is 24.1 Å². The standard InChI is InChI=1S/C22H29N3O2/c1-27-21-9-7-19(8-10-21)11-12-23-22(26)18-25-15-13-24(14-16-25)17-20-5-3-2-4-6-20/h2-10H,11-18H2,1H3,(H,23,26)/p+2. The van der Waals surface area contributed by atoms with Crippen molar-refractivity contribution < 1.29 is 19.3 Å². The Kier molecular flexibility index (Phi) is 7.25. The van der Waals surface area contributed by atoms with Crippen molar-refractivity contribution in [3.8, 4) is 5.75 Å². The first-order valence-electron chi connectivity index (χ1n) is 9.83. The lowest BCUT2D eigenvalue weighted by atomic mass is 10.1. The molecule has 3 rings (SSSR count). The molecule has 2 aromatic rings. The number of carbonyl (C=O) groups excluding carboxylic acids is 1. The molecule has 0 spiro atoms. The number of benzene rings is 2. The molecule has 1 aliphatic rings. The average Bonchev–Trinajstić information content (AvgIpc) is 2.71. The normalized spacial score (nSPS) is 19.4. The van der Waals surface area contributed by atoms with E-state index in [2.05, 4.69) is 35.6 Å². The minimum absolute atomic E-state index is 0.157. The van der Waals surface area contributed by atoms with Gasteiger partial charge < -0.3 is 19.9 Å². The Morgan fingerprint density at radius 3 is 2.26 bits per heavy atom. The number of rotatable bonds is 8. The minimum atomic E-state index is 0.157. The Morgan fingerprint density at radius 1 is 0.926 bits per heavy atom. The van der Waals surface area contributed by atoms with Gasteiger partial charge in [-0.25, -0.2) is 0 Å². The SMILES string of the molecule is COc1ccc(CCNC(=O)C[NH+]2CC[NH+](Cc3ccccc3)CC2)cc1. The fourth-order valence-electron chi connectivity index (χ4n) is 3.62. The second-order valence-corrected chi connectivity index (χ2v) is 7.29. The monoisotopic (exact) mass is 369 g/mol. The molecule has 1 fully saturated rings. The third-order valence-electron chi connectivity index (χ3n) is 5.27. The summed E-state index contributed by atoms with van der Waals surface area (Å²) in [5, 5.41) is 3.06. The molecule has 5 nitrogen and oxygen atoms in total. The number of nitrogens with one attached hydrogen (secondary N) is 3. The summed E-state index contributed by atoms with van der Waals surface area (Å²) in [5.41, 5.74) is 2.61. The van der Waals surface area contributed by atoms with Crippen LogP contribution in [-0.2, 0) is 17.8 Å². The maximum Gasteiger partial charge on any atom is 0.275 e. The smallest absolute Gasteiger partial charge is 0.275 e. The molecule has 3 N–H and O–H groups in total. The molecule has 5 heteroatoms. The van der Waals surface area contributed by atoms with Crippen LogP contribution in [0.1, 0.15) is 11.1 Å². The average molecular weight is 370 g/mol. The molecule has 0 radical (unpaired) electrons. The summed E-state index contributed by atoms with van der Waals surface area (Å²) < 4.78 is 5.16. The molecule has 0 aliphatic carbocycles. The second-order valence-electron chi connectivity index (χ2n) is 7.29. The molecule has 0 aromatic heterocycles. The van der Waals surface area contributed by atoms with E-state index in [1.165, 1.54) is 16.0 Å². The zero-order valence-electron chi connectivity index (χ0n) is 16.2. The van der Waals surface area contributed by atoms with E-state index in [1.807, 2.05) is 24.3 Å². The Morgan fingerprint density at radius 2 is 1.59 bits per heavy atom. The maximum absolute atomic E-state index is 12.2. The molecule has 27 heavy (non-hydrogen) atoms. The van der Waals surface area contributed by atoms with E-state index in [0.717, 1.165) is 44.9 Å². The van der Waals surface area contributed by atoms with Gasteiger partial charge in [0.2, 0.25) is 0 Å². The van der Waals surface area contributed by atoms with Gasteiger partial charge in [0, 0.05) is 12.1 Å². The van der Waals surface area contributed by atoms with Crippen LogP contribution >= 0.6 is 0 Å². The van der Waals surface area contributed by atoms with Crippen LogP contribution in [0.25, 0.3) is 0 Å². The molecule has 1 amide bonds. The van der Waals surface area contributed by atoms with Crippen LogP contribution < -0.4 is 19.9 Å². The summed E-state index contributed by atoms with van der Waals surface area (Å²) in [6, 6.07) is 18.7. The highest BCUT2D eigenvalue weighted by Gasteiger charge is 2.24. The molecule has 0 saturated carbocycles. The van der Waals surface area contributed by atoms with Crippen LogP contribution in [0.4, 0.5) is 0 Å². The molecule has 0 bridgehead atoms. The zero-order chi connectivity index (χ0) is 18.9. The molecule has 1 heterocycles. The van der Waals surface area contributed by atoms with Gasteiger partial charge in [-0.1, -0.05) is 42.5 Å². The largest absolute Gasteiger partial charge is 0.497 e. The zero-order valence-corrected chi connectivity index (χ0v) is 16.2. The third kappa shape index (κ3) is 6.38. The molecule has 0 unspecified atom stereocenters. The highest BCUT2D eigenvalue weighted by atomic mass is 16.5. The van der Waals surface area contributed by atoms with E-state index in [0.29, 0.717) is 13.1 Å². The van der Waals surface area contributed by atoms with Crippen molar-refractivity contribution >= 4 is 5.91 Å². The molecule has 144 valence electrons. The predicted molar refractivity (Wildman–Crippen MR) is 106 cm³/mol. The van der Waals surface area contributed by atoms with E-state index in [9.17, 15) is 4.79 Å². The molecular formula is C22H31N3O2+2. The van der Waals surface area contributed by atoms with Crippen molar-refractivity contribution in [2.24, 2.45) is 0 Å². The predicted octanol–water partition coefficient (Wildman–Crippen LogP) is -0.662. The first kappa shape index (κ1) is 19.4. The lowest BCUT2D eigenvalue weighted by Crippen LogP contribution is -3.28. The molecule has 1 aliphatic heterocycles. The molecule has 2 aromatic carbocycles. The van der Waals surface area contributed by atoms with Crippen LogP contribution in [0.5, 0.6) is 5.75 Å². The first-order chi connectivity index (χ1) is 13.2. The van der Waals surface area contributed by atoms with E-state index >= 15 is 0 Å². The number of hydrogen-bond donors (Lipinski definition) is 3. The Hall–Kier alpha value is -2.37. The van der Waals surface area contributed by atoms with Gasteiger partial charge in [0.05, 0.1) is 7.11 Å². The topological polar surface area (TPSA) is 47.2 Å². The van der Waals surface area contributed by atoms with Gasteiger partial charge in [-0.15, -0.1) is 0 Å². The summed E-state index contributed by atoms with van der Waals surface area (Å²) in [7, 11) is 1.67. The van der Waals surface area contributed by atoms with Crippen LogP contribution in [0.15, 0.2) is 54.6 Å².